The van der Waals surface area contributed by atoms with Gasteiger partial charge in [-0.25, -0.2) is 0 Å². The van der Waals surface area contributed by atoms with Crippen LogP contribution in [0.1, 0.15) is 80.1 Å². The number of ether oxygens (including phenoxy) is 1. The van der Waals surface area contributed by atoms with Gasteiger partial charge in [0.25, 0.3) is 0 Å². The summed E-state index contributed by atoms with van der Waals surface area (Å²) in [6.07, 6.45) is 1.61. The Morgan fingerprint density at radius 2 is 1.56 bits per heavy atom. The molecule has 4 aliphatic rings. The number of hydrogen-bond acceptors (Lipinski definition) is 6. The molecule has 13 atom stereocenters. The third-order valence-electron chi connectivity index (χ3n) is 11.5. The largest absolute Gasteiger partial charge is 0.465 e. The van der Waals surface area contributed by atoms with Crippen LogP contribution in [0, 0.1) is 58.2 Å². The Bertz CT molecular complexity index is 755. The van der Waals surface area contributed by atoms with Crippen molar-refractivity contribution in [3.8, 4) is 0 Å². The van der Waals surface area contributed by atoms with Gasteiger partial charge in [0.1, 0.15) is 0 Å². The van der Waals surface area contributed by atoms with Gasteiger partial charge in [0, 0.05) is 0 Å². The molecule has 0 aromatic carbocycles. The number of hydrogen-bond donors (Lipinski definition) is 4. The SMILES string of the molecule is CC(C)[C@@H](C)[C@@H](O)[C@H](O)[C@@H](C)[C@@H]1CC[C@@H]2[C@@H]3COC(=O)[C@H]4C[C@H](O)[C@H](O)C[C@]4(C)[C@@H]3CC[C@@]21C. The molecule has 1 saturated heterocycles. The molecule has 6 heteroatoms. The fourth-order valence-corrected chi connectivity index (χ4v) is 8.95. The lowest BCUT2D eigenvalue weighted by Gasteiger charge is -2.56. The van der Waals surface area contributed by atoms with Gasteiger partial charge >= 0.3 is 5.97 Å². The highest BCUT2D eigenvalue weighted by Crippen LogP contribution is 2.66. The monoisotopic (exact) mass is 480 g/mol. The molecule has 4 rings (SSSR count). The first-order valence-electron chi connectivity index (χ1n) is 13.7. The second-order valence-corrected chi connectivity index (χ2v) is 13.3. The summed E-state index contributed by atoms with van der Waals surface area (Å²) in [6.45, 7) is 13.2. The molecule has 1 heterocycles. The topological polar surface area (TPSA) is 107 Å². The van der Waals surface area contributed by atoms with Gasteiger partial charge < -0.3 is 25.2 Å². The number of aliphatic hydroxyl groups excluding tert-OH is 4. The molecule has 6 nitrogen and oxygen atoms in total. The van der Waals surface area contributed by atoms with Crippen LogP contribution in [0.5, 0.6) is 0 Å². The first-order valence-corrected chi connectivity index (χ1v) is 13.7. The lowest BCUT2D eigenvalue weighted by atomic mass is 9.48. The Hall–Kier alpha value is -0.690. The van der Waals surface area contributed by atoms with E-state index in [-0.39, 0.29) is 52.8 Å². The minimum atomic E-state index is -0.867. The van der Waals surface area contributed by atoms with E-state index in [1.807, 2.05) is 6.92 Å². The Kier molecular flexibility index (Phi) is 7.23. The molecule has 1 aliphatic heterocycles. The first-order chi connectivity index (χ1) is 15.8. The van der Waals surface area contributed by atoms with Gasteiger partial charge in [-0.15, -0.1) is 0 Å². The Labute approximate surface area is 205 Å². The molecule has 0 radical (unpaired) electrons. The molecule has 0 spiro atoms. The molecule has 0 aromatic heterocycles. The molecule has 3 aliphatic carbocycles. The zero-order valence-corrected chi connectivity index (χ0v) is 22.0. The Morgan fingerprint density at radius 1 is 0.912 bits per heavy atom. The van der Waals surface area contributed by atoms with Crippen molar-refractivity contribution >= 4 is 5.97 Å². The number of fused-ring (bicyclic) bond motifs is 5. The van der Waals surface area contributed by atoms with Crippen LogP contribution in [0.2, 0.25) is 0 Å². The summed E-state index contributed by atoms with van der Waals surface area (Å²) < 4.78 is 5.86. The van der Waals surface area contributed by atoms with Crippen LogP contribution in [-0.4, -0.2) is 57.4 Å². The second kappa shape index (κ2) is 9.32. The quantitative estimate of drug-likeness (QED) is 0.450. The van der Waals surface area contributed by atoms with E-state index in [1.54, 1.807) is 0 Å². The molecule has 34 heavy (non-hydrogen) atoms. The highest BCUT2D eigenvalue weighted by molar-refractivity contribution is 5.74. The third kappa shape index (κ3) is 4.05. The van der Waals surface area contributed by atoms with E-state index >= 15 is 0 Å². The lowest BCUT2D eigenvalue weighted by molar-refractivity contribution is -0.162. The highest BCUT2D eigenvalue weighted by atomic mass is 16.5. The predicted octanol–water partition coefficient (Wildman–Crippen LogP) is 3.39. The highest BCUT2D eigenvalue weighted by Gasteiger charge is 2.63. The van der Waals surface area contributed by atoms with Crippen LogP contribution in [0.25, 0.3) is 0 Å². The fourth-order valence-electron chi connectivity index (χ4n) is 8.95. The summed E-state index contributed by atoms with van der Waals surface area (Å²) >= 11 is 0. The summed E-state index contributed by atoms with van der Waals surface area (Å²) in [5, 5.41) is 42.9. The van der Waals surface area contributed by atoms with Crippen molar-refractivity contribution in [2.45, 2.75) is 104 Å². The molecule has 3 saturated carbocycles. The van der Waals surface area contributed by atoms with Crippen molar-refractivity contribution in [2.75, 3.05) is 6.61 Å². The molecule has 0 bridgehead atoms. The van der Waals surface area contributed by atoms with Gasteiger partial charge in [-0.1, -0.05) is 41.5 Å². The van der Waals surface area contributed by atoms with Gasteiger partial charge in [-0.2, -0.15) is 0 Å². The minimum absolute atomic E-state index is 0.00827. The van der Waals surface area contributed by atoms with Gasteiger partial charge in [-0.3, -0.25) is 4.79 Å². The van der Waals surface area contributed by atoms with Gasteiger partial charge in [0.05, 0.1) is 36.9 Å². The Morgan fingerprint density at radius 3 is 2.21 bits per heavy atom. The third-order valence-corrected chi connectivity index (χ3v) is 11.5. The molecule has 0 unspecified atom stereocenters. The number of cyclic esters (lactones) is 1. The summed E-state index contributed by atoms with van der Waals surface area (Å²) in [4.78, 5) is 13.0. The van der Waals surface area contributed by atoms with Crippen molar-refractivity contribution in [3.63, 3.8) is 0 Å². The molecule has 4 N–H and O–H groups in total. The van der Waals surface area contributed by atoms with Crippen LogP contribution in [0.4, 0.5) is 0 Å². The smallest absolute Gasteiger partial charge is 0.309 e. The van der Waals surface area contributed by atoms with Crippen LogP contribution in [-0.2, 0) is 9.53 Å². The van der Waals surface area contributed by atoms with Crippen LogP contribution in [0.3, 0.4) is 0 Å². The van der Waals surface area contributed by atoms with E-state index in [0.717, 1.165) is 25.7 Å². The maximum atomic E-state index is 13.0. The molecule has 0 amide bonds. The Balaban J connectivity index is 1.58. The summed E-state index contributed by atoms with van der Waals surface area (Å²) in [7, 11) is 0. The van der Waals surface area contributed by atoms with E-state index in [2.05, 4.69) is 34.6 Å². The lowest BCUT2D eigenvalue weighted by Crippen LogP contribution is -2.55. The van der Waals surface area contributed by atoms with Crippen molar-refractivity contribution in [1.82, 2.24) is 0 Å². The zero-order valence-electron chi connectivity index (χ0n) is 22.0. The summed E-state index contributed by atoms with van der Waals surface area (Å²) in [5.41, 5.74) is -0.345. The summed E-state index contributed by atoms with van der Waals surface area (Å²) in [5.74, 6) is 0.948. The molecular formula is C28H48O6. The van der Waals surface area contributed by atoms with Crippen molar-refractivity contribution in [1.29, 1.82) is 0 Å². The van der Waals surface area contributed by atoms with Gasteiger partial charge in [-0.05, 0) is 90.8 Å². The average Bonchev–Trinajstić information content (AvgIpc) is 3.09. The van der Waals surface area contributed by atoms with Crippen LogP contribution in [0.15, 0.2) is 0 Å². The fraction of sp³-hybridized carbons (Fsp3) is 0.964. The van der Waals surface area contributed by atoms with Gasteiger partial charge in [0.15, 0.2) is 0 Å². The maximum Gasteiger partial charge on any atom is 0.309 e. The average molecular weight is 481 g/mol. The van der Waals surface area contributed by atoms with E-state index in [1.165, 1.54) is 0 Å². The first kappa shape index (κ1) is 26.4. The predicted molar refractivity (Wildman–Crippen MR) is 130 cm³/mol. The van der Waals surface area contributed by atoms with Gasteiger partial charge in [0.2, 0.25) is 0 Å². The van der Waals surface area contributed by atoms with Crippen molar-refractivity contribution in [3.05, 3.63) is 0 Å². The minimum Gasteiger partial charge on any atom is -0.465 e. The second-order valence-electron chi connectivity index (χ2n) is 13.3. The number of carbonyl (C=O) groups excluding carboxylic acids is 1. The molecule has 4 fully saturated rings. The standard InChI is InChI=1S/C28H48O6/c1-14(2)15(3)24(31)25(32)16(4)18-7-8-19-17-13-34-26(33)21-11-22(29)23(30)12-28(21,6)20(17)9-10-27(18,19)5/h14-25,29-32H,7-13H2,1-6H3/t15-,16+,17+,18+,19-,20-,21-,22+,23-,24-,25-,27-,28-/m1/s1. The summed E-state index contributed by atoms with van der Waals surface area (Å²) in [6, 6.07) is 0. The van der Waals surface area contributed by atoms with Crippen LogP contribution >= 0.6 is 0 Å². The number of esters is 1. The van der Waals surface area contributed by atoms with Crippen molar-refractivity contribution in [2.24, 2.45) is 58.2 Å². The van der Waals surface area contributed by atoms with E-state index in [9.17, 15) is 25.2 Å². The van der Waals surface area contributed by atoms with E-state index in [4.69, 9.17) is 4.74 Å². The number of rotatable bonds is 5. The van der Waals surface area contributed by atoms with Crippen LogP contribution < -0.4 is 0 Å². The molecule has 196 valence electrons. The zero-order chi connectivity index (χ0) is 25.2. The molecule has 0 aromatic rings. The van der Waals surface area contributed by atoms with E-state index in [0.29, 0.717) is 30.8 Å². The number of aliphatic hydroxyl groups is 4. The molecular weight excluding hydrogens is 432 g/mol. The van der Waals surface area contributed by atoms with E-state index < -0.39 is 24.4 Å². The maximum absolute atomic E-state index is 13.0. The normalized spacial score (nSPS) is 48.1. The van der Waals surface area contributed by atoms with Crippen molar-refractivity contribution < 1.29 is 30.0 Å². The number of carbonyl (C=O) groups is 1.